The highest BCUT2D eigenvalue weighted by Gasteiger charge is 2.22. The monoisotopic (exact) mass is 308 g/mol. The Morgan fingerprint density at radius 2 is 2.00 bits per heavy atom. The molecule has 0 unspecified atom stereocenters. The van der Waals surface area contributed by atoms with E-state index < -0.39 is 6.29 Å². The van der Waals surface area contributed by atoms with Gasteiger partial charge in [0.05, 0.1) is 16.8 Å². The van der Waals surface area contributed by atoms with Crippen LogP contribution in [0.4, 0.5) is 4.39 Å². The van der Waals surface area contributed by atoms with Crippen LogP contribution in [-0.2, 0) is 9.47 Å². The second-order valence-electron chi connectivity index (χ2n) is 3.22. The Morgan fingerprint density at radius 3 is 2.64 bits per heavy atom. The SMILES string of the molecule is Cc1cc(F)c(I)c(C2OCCO2)c1. The summed E-state index contributed by atoms with van der Waals surface area (Å²) in [5.74, 6) is -0.209. The van der Waals surface area contributed by atoms with Gasteiger partial charge >= 0.3 is 0 Å². The van der Waals surface area contributed by atoms with Gasteiger partial charge in [-0.05, 0) is 47.2 Å². The summed E-state index contributed by atoms with van der Waals surface area (Å²) in [7, 11) is 0. The maximum absolute atomic E-state index is 13.4. The molecule has 14 heavy (non-hydrogen) atoms. The molecule has 0 spiro atoms. The predicted octanol–water partition coefficient (Wildman–Crippen LogP) is 2.78. The molecule has 0 atom stereocenters. The first-order valence-electron chi connectivity index (χ1n) is 4.37. The highest BCUT2D eigenvalue weighted by atomic mass is 127. The molecule has 0 aromatic heterocycles. The second kappa shape index (κ2) is 4.12. The summed E-state index contributed by atoms with van der Waals surface area (Å²) < 4.78 is 24.6. The van der Waals surface area contributed by atoms with Crippen molar-refractivity contribution in [3.05, 3.63) is 32.6 Å². The van der Waals surface area contributed by atoms with Crippen molar-refractivity contribution >= 4 is 22.6 Å². The van der Waals surface area contributed by atoms with Crippen LogP contribution in [0, 0.1) is 16.3 Å². The Balaban J connectivity index is 2.40. The minimum Gasteiger partial charge on any atom is -0.346 e. The standard InChI is InChI=1S/C10H10FIO2/c1-6-4-7(9(12)8(11)5-6)10-13-2-3-14-10/h4-5,10H,2-3H2,1H3. The number of ether oxygens (including phenoxy) is 2. The molecule has 76 valence electrons. The van der Waals surface area contributed by atoms with Gasteiger partial charge in [0.2, 0.25) is 0 Å². The predicted molar refractivity (Wildman–Crippen MR) is 58.5 cm³/mol. The number of hydrogen-bond donors (Lipinski definition) is 0. The topological polar surface area (TPSA) is 18.5 Å². The van der Waals surface area contributed by atoms with Crippen molar-refractivity contribution in [1.29, 1.82) is 0 Å². The lowest BCUT2D eigenvalue weighted by molar-refractivity contribution is -0.0449. The Morgan fingerprint density at radius 1 is 1.36 bits per heavy atom. The van der Waals surface area contributed by atoms with E-state index in [-0.39, 0.29) is 5.82 Å². The average molecular weight is 308 g/mol. The van der Waals surface area contributed by atoms with Crippen molar-refractivity contribution in [2.75, 3.05) is 13.2 Å². The maximum Gasteiger partial charge on any atom is 0.185 e. The molecule has 0 bridgehead atoms. The summed E-state index contributed by atoms with van der Waals surface area (Å²) >= 11 is 1.98. The summed E-state index contributed by atoms with van der Waals surface area (Å²) in [5.41, 5.74) is 1.68. The van der Waals surface area contributed by atoms with E-state index in [1.165, 1.54) is 6.07 Å². The molecule has 0 amide bonds. The van der Waals surface area contributed by atoms with Crippen LogP contribution in [0.1, 0.15) is 17.4 Å². The molecule has 1 heterocycles. The molecular formula is C10H10FIO2. The van der Waals surface area contributed by atoms with Gasteiger partial charge in [-0.1, -0.05) is 0 Å². The van der Waals surface area contributed by atoms with Crippen LogP contribution in [0.5, 0.6) is 0 Å². The van der Waals surface area contributed by atoms with Gasteiger partial charge in [-0.25, -0.2) is 4.39 Å². The smallest absolute Gasteiger partial charge is 0.185 e. The van der Waals surface area contributed by atoms with E-state index in [1.807, 2.05) is 35.6 Å². The van der Waals surface area contributed by atoms with Gasteiger partial charge in [0.1, 0.15) is 5.82 Å². The molecule has 1 aromatic rings. The molecule has 1 aliphatic heterocycles. The third-order valence-electron chi connectivity index (χ3n) is 2.08. The van der Waals surface area contributed by atoms with Gasteiger partial charge in [-0.3, -0.25) is 0 Å². The molecule has 1 saturated heterocycles. The highest BCUT2D eigenvalue weighted by molar-refractivity contribution is 14.1. The molecule has 1 fully saturated rings. The Bertz CT molecular complexity index is 348. The van der Waals surface area contributed by atoms with E-state index >= 15 is 0 Å². The van der Waals surface area contributed by atoms with Crippen LogP contribution >= 0.6 is 22.6 Å². The number of hydrogen-bond acceptors (Lipinski definition) is 2. The van der Waals surface area contributed by atoms with Crippen molar-refractivity contribution in [3.63, 3.8) is 0 Å². The molecule has 2 rings (SSSR count). The number of benzene rings is 1. The van der Waals surface area contributed by atoms with Crippen LogP contribution in [0.25, 0.3) is 0 Å². The first-order chi connectivity index (χ1) is 6.68. The minimum atomic E-state index is -0.392. The molecule has 4 heteroatoms. The molecule has 1 aliphatic rings. The zero-order chi connectivity index (χ0) is 10.1. The average Bonchev–Trinajstić information content (AvgIpc) is 2.63. The van der Waals surface area contributed by atoms with Crippen LogP contribution in [0.2, 0.25) is 0 Å². The Labute approximate surface area is 95.5 Å². The van der Waals surface area contributed by atoms with Gasteiger partial charge < -0.3 is 9.47 Å². The van der Waals surface area contributed by atoms with Gasteiger partial charge in [-0.2, -0.15) is 0 Å². The first-order valence-corrected chi connectivity index (χ1v) is 5.45. The second-order valence-corrected chi connectivity index (χ2v) is 4.30. The summed E-state index contributed by atoms with van der Waals surface area (Å²) in [6.45, 7) is 3.02. The third kappa shape index (κ3) is 1.92. The Hall–Kier alpha value is -0.200. The summed E-state index contributed by atoms with van der Waals surface area (Å²) in [5, 5.41) is 0. The van der Waals surface area contributed by atoms with E-state index in [0.717, 1.165) is 11.1 Å². The lowest BCUT2D eigenvalue weighted by atomic mass is 10.1. The van der Waals surface area contributed by atoms with E-state index in [0.29, 0.717) is 16.8 Å². The summed E-state index contributed by atoms with van der Waals surface area (Å²) in [4.78, 5) is 0. The summed E-state index contributed by atoms with van der Waals surface area (Å²) in [6, 6.07) is 3.42. The zero-order valence-electron chi connectivity index (χ0n) is 7.72. The largest absolute Gasteiger partial charge is 0.346 e. The fraction of sp³-hybridized carbons (Fsp3) is 0.400. The Kier molecular flexibility index (Phi) is 3.04. The molecule has 0 saturated carbocycles. The first kappa shape index (κ1) is 10.3. The number of halogens is 2. The van der Waals surface area contributed by atoms with Gasteiger partial charge in [0, 0.05) is 5.56 Å². The molecule has 1 aromatic carbocycles. The lowest BCUT2D eigenvalue weighted by Crippen LogP contribution is -2.03. The minimum absolute atomic E-state index is 0.209. The van der Waals surface area contributed by atoms with Crippen LogP contribution in [0.3, 0.4) is 0 Å². The normalized spacial score (nSPS) is 17.6. The van der Waals surface area contributed by atoms with Gasteiger partial charge in [0.15, 0.2) is 6.29 Å². The molecule has 0 aliphatic carbocycles. The highest BCUT2D eigenvalue weighted by Crippen LogP contribution is 2.29. The van der Waals surface area contributed by atoms with Crippen molar-refractivity contribution < 1.29 is 13.9 Å². The maximum atomic E-state index is 13.4. The fourth-order valence-corrected chi connectivity index (χ4v) is 2.03. The zero-order valence-corrected chi connectivity index (χ0v) is 9.88. The van der Waals surface area contributed by atoms with E-state index in [4.69, 9.17) is 9.47 Å². The van der Waals surface area contributed by atoms with Gasteiger partial charge in [0.25, 0.3) is 0 Å². The molecule has 0 N–H and O–H groups in total. The van der Waals surface area contributed by atoms with E-state index in [2.05, 4.69) is 0 Å². The number of aryl methyl sites for hydroxylation is 1. The molecule has 0 radical (unpaired) electrons. The quantitative estimate of drug-likeness (QED) is 0.743. The van der Waals surface area contributed by atoms with Crippen LogP contribution in [-0.4, -0.2) is 13.2 Å². The number of rotatable bonds is 1. The van der Waals surface area contributed by atoms with Crippen molar-refractivity contribution in [2.45, 2.75) is 13.2 Å². The lowest BCUT2D eigenvalue weighted by Gasteiger charge is -2.12. The van der Waals surface area contributed by atoms with Crippen molar-refractivity contribution in [1.82, 2.24) is 0 Å². The molecule has 2 nitrogen and oxygen atoms in total. The summed E-state index contributed by atoms with van der Waals surface area (Å²) in [6.07, 6.45) is -0.392. The van der Waals surface area contributed by atoms with Gasteiger partial charge in [-0.15, -0.1) is 0 Å². The van der Waals surface area contributed by atoms with E-state index in [9.17, 15) is 4.39 Å². The van der Waals surface area contributed by atoms with E-state index in [1.54, 1.807) is 0 Å². The fourth-order valence-electron chi connectivity index (χ4n) is 1.46. The van der Waals surface area contributed by atoms with Crippen LogP contribution in [0.15, 0.2) is 12.1 Å². The third-order valence-corrected chi connectivity index (χ3v) is 3.21. The van der Waals surface area contributed by atoms with Crippen molar-refractivity contribution in [3.8, 4) is 0 Å². The van der Waals surface area contributed by atoms with Crippen molar-refractivity contribution in [2.24, 2.45) is 0 Å². The van der Waals surface area contributed by atoms with Crippen LogP contribution < -0.4 is 0 Å². The molecular weight excluding hydrogens is 298 g/mol.